The maximum absolute atomic E-state index is 11.0. The zero-order valence-corrected chi connectivity index (χ0v) is 14.2. The lowest BCUT2D eigenvalue weighted by molar-refractivity contribution is -0.119. The molecule has 6 heteroatoms. The van der Waals surface area contributed by atoms with Gasteiger partial charge in [-0.15, -0.1) is 0 Å². The minimum Gasteiger partial charge on any atom is -0.494 e. The maximum Gasteiger partial charge on any atom is 0.216 e. The van der Waals surface area contributed by atoms with Crippen LogP contribution < -0.4 is 10.1 Å². The van der Waals surface area contributed by atoms with Crippen LogP contribution in [0.4, 0.5) is 0 Å². The first-order chi connectivity index (χ1) is 11.7. The number of benzene rings is 1. The molecule has 1 aromatic carbocycles. The lowest BCUT2D eigenvalue weighted by Gasteiger charge is -2.15. The molecule has 2 heterocycles. The highest BCUT2D eigenvalue weighted by molar-refractivity contribution is 5.72. The van der Waals surface area contributed by atoms with Crippen molar-refractivity contribution < 1.29 is 9.53 Å². The van der Waals surface area contributed by atoms with Crippen molar-refractivity contribution in [2.24, 2.45) is 5.92 Å². The summed E-state index contributed by atoms with van der Waals surface area (Å²) in [4.78, 5) is 13.4. The molecule has 0 bridgehead atoms. The van der Waals surface area contributed by atoms with Crippen LogP contribution in [0.15, 0.2) is 36.7 Å². The van der Waals surface area contributed by atoms with Crippen LogP contribution in [0.2, 0.25) is 0 Å². The summed E-state index contributed by atoms with van der Waals surface area (Å²) in [6.45, 7) is 5.29. The van der Waals surface area contributed by atoms with E-state index in [0.717, 1.165) is 44.0 Å². The summed E-state index contributed by atoms with van der Waals surface area (Å²) in [7, 11) is 1.67. The van der Waals surface area contributed by atoms with Gasteiger partial charge in [-0.25, -0.2) is 4.68 Å². The van der Waals surface area contributed by atoms with Crippen LogP contribution in [0.25, 0.3) is 5.69 Å². The number of nitrogens with zero attached hydrogens (tertiary/aromatic N) is 3. The Kier molecular flexibility index (Phi) is 5.15. The van der Waals surface area contributed by atoms with Gasteiger partial charge in [0.15, 0.2) is 0 Å². The number of likely N-dealkylation sites (tertiary alicyclic amines) is 1. The van der Waals surface area contributed by atoms with Crippen molar-refractivity contribution in [2.45, 2.75) is 19.9 Å². The fourth-order valence-corrected chi connectivity index (χ4v) is 3.16. The third kappa shape index (κ3) is 3.94. The normalized spacial score (nSPS) is 17.8. The van der Waals surface area contributed by atoms with Crippen LogP contribution in [0.5, 0.6) is 5.75 Å². The molecule has 0 spiro atoms. The second-order valence-electron chi connectivity index (χ2n) is 6.29. The van der Waals surface area contributed by atoms with Gasteiger partial charge in [-0.1, -0.05) is 12.1 Å². The van der Waals surface area contributed by atoms with Crippen molar-refractivity contribution in [2.75, 3.05) is 26.7 Å². The van der Waals surface area contributed by atoms with Gasteiger partial charge >= 0.3 is 0 Å². The molecule has 1 unspecified atom stereocenters. The molecule has 1 aliphatic rings. The number of carbonyl (C=O) groups excluding carboxylic acids is 1. The van der Waals surface area contributed by atoms with Gasteiger partial charge in [0.1, 0.15) is 11.4 Å². The molecule has 1 N–H and O–H groups in total. The van der Waals surface area contributed by atoms with Crippen molar-refractivity contribution in [3.05, 3.63) is 42.2 Å². The third-order valence-electron chi connectivity index (χ3n) is 4.38. The first kappa shape index (κ1) is 16.5. The van der Waals surface area contributed by atoms with Crippen molar-refractivity contribution in [3.63, 3.8) is 0 Å². The Morgan fingerprint density at radius 2 is 2.25 bits per heavy atom. The largest absolute Gasteiger partial charge is 0.494 e. The second kappa shape index (κ2) is 7.49. The molecule has 2 aromatic rings. The molecule has 6 nitrogen and oxygen atoms in total. The van der Waals surface area contributed by atoms with Crippen LogP contribution >= 0.6 is 0 Å². The molecule has 0 radical (unpaired) electrons. The Balaban J connectivity index is 1.60. The van der Waals surface area contributed by atoms with Gasteiger partial charge < -0.3 is 10.1 Å². The lowest BCUT2D eigenvalue weighted by atomic mass is 10.1. The standard InChI is InChI=1S/C18H24N4O2/c1-14(23)19-9-15-7-8-21(11-15)12-16-10-20-22(13-16)17-5-3-4-6-18(17)24-2/h3-6,10,13,15H,7-9,11-12H2,1-2H3,(H,19,23). The summed E-state index contributed by atoms with van der Waals surface area (Å²) >= 11 is 0. The van der Waals surface area contributed by atoms with E-state index in [1.54, 1.807) is 14.0 Å². The van der Waals surface area contributed by atoms with E-state index in [4.69, 9.17) is 4.74 Å². The average Bonchev–Trinajstić information content (AvgIpc) is 3.23. The van der Waals surface area contributed by atoms with E-state index in [9.17, 15) is 4.79 Å². The van der Waals surface area contributed by atoms with Gasteiger partial charge in [-0.3, -0.25) is 9.69 Å². The molecule has 1 aliphatic heterocycles. The van der Waals surface area contributed by atoms with Gasteiger partial charge in [0.05, 0.1) is 13.3 Å². The molecule has 1 saturated heterocycles. The number of rotatable bonds is 6. The minimum absolute atomic E-state index is 0.0477. The fraction of sp³-hybridized carbons (Fsp3) is 0.444. The summed E-state index contributed by atoms with van der Waals surface area (Å²) < 4.78 is 7.26. The first-order valence-corrected chi connectivity index (χ1v) is 8.29. The van der Waals surface area contributed by atoms with E-state index in [-0.39, 0.29) is 5.91 Å². The van der Waals surface area contributed by atoms with Crippen LogP contribution in [-0.4, -0.2) is 47.3 Å². The number of methoxy groups -OCH3 is 1. The molecule has 1 atom stereocenters. The molecular weight excluding hydrogens is 304 g/mol. The fourth-order valence-electron chi connectivity index (χ4n) is 3.16. The highest BCUT2D eigenvalue weighted by Gasteiger charge is 2.22. The van der Waals surface area contributed by atoms with E-state index in [1.165, 1.54) is 5.56 Å². The van der Waals surface area contributed by atoms with Crippen LogP contribution in [0.1, 0.15) is 18.9 Å². The second-order valence-corrected chi connectivity index (χ2v) is 6.29. The molecule has 1 fully saturated rings. The number of hydrogen-bond donors (Lipinski definition) is 1. The summed E-state index contributed by atoms with van der Waals surface area (Å²) in [5, 5.41) is 7.38. The van der Waals surface area contributed by atoms with Crippen LogP contribution in [0, 0.1) is 5.92 Å². The predicted octanol–water partition coefficient (Wildman–Crippen LogP) is 1.84. The van der Waals surface area contributed by atoms with E-state index in [2.05, 4.69) is 21.5 Å². The monoisotopic (exact) mass is 328 g/mol. The van der Waals surface area contributed by atoms with E-state index in [1.807, 2.05) is 35.1 Å². The molecule has 128 valence electrons. The van der Waals surface area contributed by atoms with Gasteiger partial charge in [0.25, 0.3) is 0 Å². The van der Waals surface area contributed by atoms with Crippen molar-refractivity contribution in [3.8, 4) is 11.4 Å². The lowest BCUT2D eigenvalue weighted by Crippen LogP contribution is -2.29. The molecule has 24 heavy (non-hydrogen) atoms. The van der Waals surface area contributed by atoms with Gasteiger partial charge in [-0.05, 0) is 31.0 Å². The Morgan fingerprint density at radius 1 is 1.42 bits per heavy atom. The minimum atomic E-state index is 0.0477. The van der Waals surface area contributed by atoms with E-state index < -0.39 is 0 Å². The number of ether oxygens (including phenoxy) is 1. The highest BCUT2D eigenvalue weighted by atomic mass is 16.5. The number of carbonyl (C=O) groups is 1. The Hall–Kier alpha value is -2.34. The molecule has 0 saturated carbocycles. The van der Waals surface area contributed by atoms with Crippen molar-refractivity contribution in [1.29, 1.82) is 0 Å². The SMILES string of the molecule is COc1ccccc1-n1cc(CN2CCC(CNC(C)=O)C2)cn1. The molecule has 3 rings (SSSR count). The summed E-state index contributed by atoms with van der Waals surface area (Å²) in [6.07, 6.45) is 5.09. The summed E-state index contributed by atoms with van der Waals surface area (Å²) in [5.74, 6) is 1.40. The molecule has 0 aliphatic carbocycles. The highest BCUT2D eigenvalue weighted by Crippen LogP contribution is 2.23. The molecule has 1 amide bonds. The summed E-state index contributed by atoms with van der Waals surface area (Å²) in [6, 6.07) is 7.86. The first-order valence-electron chi connectivity index (χ1n) is 8.29. The zero-order valence-electron chi connectivity index (χ0n) is 14.2. The van der Waals surface area contributed by atoms with Crippen molar-refractivity contribution in [1.82, 2.24) is 20.0 Å². The van der Waals surface area contributed by atoms with E-state index >= 15 is 0 Å². The topological polar surface area (TPSA) is 59.4 Å². The average molecular weight is 328 g/mol. The number of amides is 1. The Bertz CT molecular complexity index is 698. The number of nitrogens with one attached hydrogen (secondary N) is 1. The smallest absolute Gasteiger partial charge is 0.216 e. The zero-order chi connectivity index (χ0) is 16.9. The van der Waals surface area contributed by atoms with Crippen LogP contribution in [-0.2, 0) is 11.3 Å². The van der Waals surface area contributed by atoms with Gasteiger partial charge in [0.2, 0.25) is 5.91 Å². The number of para-hydroxylation sites is 2. The summed E-state index contributed by atoms with van der Waals surface area (Å²) in [5.41, 5.74) is 2.12. The quantitative estimate of drug-likeness (QED) is 0.879. The van der Waals surface area contributed by atoms with Crippen LogP contribution in [0.3, 0.4) is 0 Å². The Morgan fingerprint density at radius 3 is 3.04 bits per heavy atom. The van der Waals surface area contributed by atoms with E-state index in [0.29, 0.717) is 5.92 Å². The van der Waals surface area contributed by atoms with Gasteiger partial charge in [-0.2, -0.15) is 5.10 Å². The van der Waals surface area contributed by atoms with Gasteiger partial charge in [0, 0.05) is 38.3 Å². The molecule has 1 aromatic heterocycles. The van der Waals surface area contributed by atoms with Crippen molar-refractivity contribution >= 4 is 5.91 Å². The third-order valence-corrected chi connectivity index (χ3v) is 4.38. The number of hydrogen-bond acceptors (Lipinski definition) is 4. The Labute approximate surface area is 142 Å². The molecular formula is C18H24N4O2. The number of aromatic nitrogens is 2. The maximum atomic E-state index is 11.0. The predicted molar refractivity (Wildman–Crippen MR) is 92.2 cm³/mol.